The first-order chi connectivity index (χ1) is 15.2. The van der Waals surface area contributed by atoms with Crippen LogP contribution in [0.15, 0.2) is 24.3 Å². The summed E-state index contributed by atoms with van der Waals surface area (Å²) < 4.78 is 0. The van der Waals surface area contributed by atoms with E-state index in [9.17, 15) is 0 Å². The quantitative estimate of drug-likeness (QED) is 0.198. The molecule has 0 saturated heterocycles. The van der Waals surface area contributed by atoms with Crippen LogP contribution >= 0.6 is 0 Å². The van der Waals surface area contributed by atoms with Crippen molar-refractivity contribution in [2.24, 2.45) is 10.8 Å². The van der Waals surface area contributed by atoms with Gasteiger partial charge in [-0.2, -0.15) is 0 Å². The largest absolute Gasteiger partial charge is 0.0620 e. The number of rotatable bonds is 18. The highest BCUT2D eigenvalue weighted by Gasteiger charge is 2.09. The summed E-state index contributed by atoms with van der Waals surface area (Å²) in [5.41, 5.74) is 4.28. The van der Waals surface area contributed by atoms with E-state index >= 15 is 0 Å². The van der Waals surface area contributed by atoms with Gasteiger partial charge in [-0.1, -0.05) is 143 Å². The van der Waals surface area contributed by atoms with Crippen LogP contribution in [0.25, 0.3) is 0 Å². The molecule has 0 aliphatic heterocycles. The van der Waals surface area contributed by atoms with E-state index in [0.717, 1.165) is 0 Å². The van der Waals surface area contributed by atoms with Crippen LogP contribution in [0.3, 0.4) is 0 Å². The maximum atomic E-state index is 2.39. The molecule has 0 fully saturated rings. The van der Waals surface area contributed by atoms with Gasteiger partial charge in [-0.05, 0) is 60.5 Å². The fourth-order valence-electron chi connectivity index (χ4n) is 4.75. The molecule has 0 aliphatic carbocycles. The minimum absolute atomic E-state index is 0.513. The second kappa shape index (κ2) is 16.8. The number of unbranched alkanes of at least 4 members (excludes halogenated alkanes) is 12. The highest BCUT2D eigenvalue weighted by Crippen LogP contribution is 2.24. The van der Waals surface area contributed by atoms with Crippen molar-refractivity contribution in [3.8, 4) is 0 Å². The lowest BCUT2D eigenvalue weighted by Crippen LogP contribution is -2.03. The van der Waals surface area contributed by atoms with E-state index in [1.165, 1.54) is 116 Å². The van der Waals surface area contributed by atoms with Crippen LogP contribution in [-0.4, -0.2) is 0 Å². The summed E-state index contributed by atoms with van der Waals surface area (Å²) in [5.74, 6) is 0. The van der Waals surface area contributed by atoms with Crippen LogP contribution in [-0.2, 0) is 12.8 Å². The summed E-state index contributed by atoms with van der Waals surface area (Å²) in [5, 5.41) is 0. The van der Waals surface area contributed by atoms with Gasteiger partial charge in [0.1, 0.15) is 0 Å². The molecule has 0 aromatic heterocycles. The third kappa shape index (κ3) is 17.7. The minimum Gasteiger partial charge on any atom is -0.0620 e. The van der Waals surface area contributed by atoms with Gasteiger partial charge < -0.3 is 0 Å². The molecular formula is C32H58. The molecule has 1 aromatic rings. The predicted molar refractivity (Wildman–Crippen MR) is 147 cm³/mol. The Hall–Kier alpha value is -0.780. The molecule has 0 radical (unpaired) electrons. The lowest BCUT2D eigenvalue weighted by molar-refractivity contribution is 0.356. The summed E-state index contributed by atoms with van der Waals surface area (Å²) in [6.45, 7) is 14.2. The van der Waals surface area contributed by atoms with Crippen molar-refractivity contribution in [2.75, 3.05) is 0 Å². The van der Waals surface area contributed by atoms with E-state index in [-0.39, 0.29) is 0 Å². The van der Waals surface area contributed by atoms with Gasteiger partial charge in [-0.3, -0.25) is 0 Å². The van der Waals surface area contributed by atoms with E-state index in [0.29, 0.717) is 10.8 Å². The Morgan fingerprint density at radius 3 is 1.00 bits per heavy atom. The van der Waals surface area contributed by atoms with Crippen molar-refractivity contribution in [3.63, 3.8) is 0 Å². The molecule has 0 bridgehead atoms. The molecule has 0 heteroatoms. The van der Waals surface area contributed by atoms with Gasteiger partial charge >= 0.3 is 0 Å². The van der Waals surface area contributed by atoms with E-state index in [4.69, 9.17) is 0 Å². The lowest BCUT2D eigenvalue weighted by Gasteiger charge is -2.17. The first kappa shape index (κ1) is 29.3. The maximum Gasteiger partial charge on any atom is -0.0276 e. The molecule has 1 aromatic carbocycles. The Labute approximate surface area is 203 Å². The first-order valence-corrected chi connectivity index (χ1v) is 14.2. The Morgan fingerprint density at radius 2 is 0.688 bits per heavy atom. The van der Waals surface area contributed by atoms with Crippen molar-refractivity contribution >= 4 is 0 Å². The van der Waals surface area contributed by atoms with E-state index in [2.05, 4.69) is 65.8 Å². The number of hydrogen-bond donors (Lipinski definition) is 0. The lowest BCUT2D eigenvalue weighted by atomic mass is 9.89. The zero-order valence-electron chi connectivity index (χ0n) is 23.0. The topological polar surface area (TPSA) is 0 Å². The van der Waals surface area contributed by atoms with Crippen LogP contribution < -0.4 is 0 Å². The maximum absolute atomic E-state index is 2.39. The third-order valence-electron chi connectivity index (χ3n) is 6.86. The molecule has 0 saturated carbocycles. The van der Waals surface area contributed by atoms with Crippen LogP contribution in [0.4, 0.5) is 0 Å². The number of benzene rings is 1. The van der Waals surface area contributed by atoms with Gasteiger partial charge in [0.05, 0.1) is 0 Å². The van der Waals surface area contributed by atoms with Crippen molar-refractivity contribution in [1.29, 1.82) is 0 Å². The predicted octanol–water partition coefficient (Wildman–Crippen LogP) is 11.1. The molecule has 32 heavy (non-hydrogen) atoms. The smallest absolute Gasteiger partial charge is 0.0276 e. The summed E-state index contributed by atoms with van der Waals surface area (Å²) in [7, 11) is 0. The molecule has 0 unspecified atom stereocenters. The van der Waals surface area contributed by atoms with Gasteiger partial charge in [0.15, 0.2) is 0 Å². The molecule has 0 spiro atoms. The van der Waals surface area contributed by atoms with Crippen molar-refractivity contribution in [3.05, 3.63) is 35.4 Å². The van der Waals surface area contributed by atoms with Gasteiger partial charge in [0.2, 0.25) is 0 Å². The summed E-state index contributed by atoms with van der Waals surface area (Å²) in [6, 6.07) is 9.26. The van der Waals surface area contributed by atoms with Crippen LogP contribution in [0, 0.1) is 10.8 Å². The molecule has 0 nitrogen and oxygen atoms in total. The van der Waals surface area contributed by atoms with Crippen molar-refractivity contribution in [1.82, 2.24) is 0 Å². The first-order valence-electron chi connectivity index (χ1n) is 14.2. The van der Waals surface area contributed by atoms with Gasteiger partial charge in [-0.25, -0.2) is 0 Å². The highest BCUT2D eigenvalue weighted by atomic mass is 14.2. The SMILES string of the molecule is CC(C)(C)CCCCCCCCCc1ccccc1CCCCCCCCCC(C)(C)C. The highest BCUT2D eigenvalue weighted by molar-refractivity contribution is 5.27. The fourth-order valence-corrected chi connectivity index (χ4v) is 4.75. The monoisotopic (exact) mass is 442 g/mol. The molecule has 186 valence electrons. The average molecular weight is 443 g/mol. The Balaban J connectivity index is 2.06. The average Bonchev–Trinajstić information content (AvgIpc) is 2.70. The van der Waals surface area contributed by atoms with Crippen LogP contribution in [0.5, 0.6) is 0 Å². The van der Waals surface area contributed by atoms with Crippen LogP contribution in [0.1, 0.15) is 155 Å². The standard InChI is InChI=1S/C32H58/c1-31(2,3)27-21-15-11-7-9-13-17-23-29-25-19-20-26-30(29)24-18-14-10-8-12-16-22-28-32(4,5)6/h19-20,25-26H,7-18,21-24,27-28H2,1-6H3. The molecule has 0 heterocycles. The fraction of sp³-hybridized carbons (Fsp3) is 0.812. The summed E-state index contributed by atoms with van der Waals surface area (Å²) in [6.07, 6.45) is 25.1. The van der Waals surface area contributed by atoms with Crippen molar-refractivity contribution in [2.45, 2.75) is 157 Å². The van der Waals surface area contributed by atoms with Crippen LogP contribution in [0.2, 0.25) is 0 Å². The molecule has 0 N–H and O–H groups in total. The van der Waals surface area contributed by atoms with Gasteiger partial charge in [0, 0.05) is 0 Å². The Bertz CT molecular complexity index is 503. The second-order valence-electron chi connectivity index (χ2n) is 12.8. The molecule has 0 amide bonds. The molecule has 0 atom stereocenters. The number of hydrogen-bond acceptors (Lipinski definition) is 0. The summed E-state index contributed by atoms with van der Waals surface area (Å²) in [4.78, 5) is 0. The number of aryl methyl sites for hydroxylation is 2. The second-order valence-corrected chi connectivity index (χ2v) is 12.8. The Kier molecular flexibility index (Phi) is 15.3. The normalized spacial score (nSPS) is 12.4. The minimum atomic E-state index is 0.513. The molecule has 1 rings (SSSR count). The van der Waals surface area contributed by atoms with E-state index < -0.39 is 0 Å². The molecular weight excluding hydrogens is 384 g/mol. The zero-order valence-corrected chi connectivity index (χ0v) is 23.0. The zero-order chi connectivity index (χ0) is 23.7. The van der Waals surface area contributed by atoms with Gasteiger partial charge in [0.25, 0.3) is 0 Å². The summed E-state index contributed by atoms with van der Waals surface area (Å²) >= 11 is 0. The molecule has 0 aliphatic rings. The van der Waals surface area contributed by atoms with Gasteiger partial charge in [-0.15, -0.1) is 0 Å². The Morgan fingerprint density at radius 1 is 0.406 bits per heavy atom. The van der Waals surface area contributed by atoms with Crippen molar-refractivity contribution < 1.29 is 0 Å². The van der Waals surface area contributed by atoms with E-state index in [1.807, 2.05) is 0 Å². The third-order valence-corrected chi connectivity index (χ3v) is 6.86. The van der Waals surface area contributed by atoms with E-state index in [1.54, 1.807) is 11.1 Å².